The van der Waals surface area contributed by atoms with E-state index in [1.54, 1.807) is 12.1 Å². The lowest BCUT2D eigenvalue weighted by Crippen LogP contribution is -2.47. The topological polar surface area (TPSA) is 94.1 Å². The van der Waals surface area contributed by atoms with Crippen LogP contribution in [-0.2, 0) is 0 Å². The molecule has 0 amide bonds. The van der Waals surface area contributed by atoms with Crippen molar-refractivity contribution in [2.75, 3.05) is 11.9 Å². The molecular weight excluding hydrogens is 288 g/mol. The summed E-state index contributed by atoms with van der Waals surface area (Å²) in [4.78, 5) is 15.4. The summed E-state index contributed by atoms with van der Waals surface area (Å²) in [7, 11) is 0. The van der Waals surface area contributed by atoms with Crippen LogP contribution in [0.5, 0.6) is 0 Å². The quantitative estimate of drug-likeness (QED) is 0.653. The van der Waals surface area contributed by atoms with Gasteiger partial charge in [0.05, 0.1) is 20.1 Å². The molecule has 0 bridgehead atoms. The van der Waals surface area contributed by atoms with Crippen LogP contribution in [0, 0.1) is 23.0 Å². The van der Waals surface area contributed by atoms with Crippen LogP contribution in [0.15, 0.2) is 12.1 Å². The third kappa shape index (κ3) is 2.98. The zero-order valence-corrected chi connectivity index (χ0v) is 13.5. The first kappa shape index (κ1) is 15.7. The van der Waals surface area contributed by atoms with Crippen molar-refractivity contribution in [2.45, 2.75) is 33.2 Å². The molecule has 0 aliphatic rings. The Morgan fingerprint density at radius 3 is 2.71 bits per heavy atom. The molecule has 1 atom stereocenters. The third-order valence-electron chi connectivity index (χ3n) is 3.93. The fourth-order valence-electron chi connectivity index (χ4n) is 2.07. The Labute approximate surface area is 127 Å². The van der Waals surface area contributed by atoms with E-state index in [2.05, 4.69) is 10.3 Å². The highest BCUT2D eigenvalue weighted by Gasteiger charge is 2.29. The van der Waals surface area contributed by atoms with E-state index in [1.807, 2.05) is 27.7 Å². The first-order valence-electron chi connectivity index (χ1n) is 6.80. The van der Waals surface area contributed by atoms with Gasteiger partial charge in [-0.3, -0.25) is 10.1 Å². The van der Waals surface area contributed by atoms with Gasteiger partial charge in [-0.1, -0.05) is 13.8 Å². The number of nitro benzene ring substituents is 1. The number of hydrogen-bond donors (Lipinski definition) is 2. The van der Waals surface area contributed by atoms with Gasteiger partial charge in [0.15, 0.2) is 0 Å². The minimum absolute atomic E-state index is 0.0616. The minimum Gasteiger partial charge on any atom is -0.373 e. The number of hydrogen-bond acceptors (Lipinski definition) is 6. The largest absolute Gasteiger partial charge is 0.373 e. The van der Waals surface area contributed by atoms with Gasteiger partial charge in [0.2, 0.25) is 0 Å². The van der Waals surface area contributed by atoms with Gasteiger partial charge in [-0.25, -0.2) is 4.98 Å². The van der Waals surface area contributed by atoms with Crippen LogP contribution < -0.4 is 11.1 Å². The molecule has 0 fully saturated rings. The summed E-state index contributed by atoms with van der Waals surface area (Å²) in [5, 5.41) is 15.5. The van der Waals surface area contributed by atoms with Gasteiger partial charge in [-0.05, 0) is 25.8 Å². The van der Waals surface area contributed by atoms with Gasteiger partial charge in [-0.15, -0.1) is 11.3 Å². The molecule has 0 saturated carbocycles. The van der Waals surface area contributed by atoms with Crippen molar-refractivity contribution in [3.63, 3.8) is 0 Å². The molecule has 1 heterocycles. The smallest absolute Gasteiger partial charge is 0.293 e. The van der Waals surface area contributed by atoms with Gasteiger partial charge in [0.1, 0.15) is 5.69 Å². The van der Waals surface area contributed by atoms with Crippen LogP contribution in [0.25, 0.3) is 10.2 Å². The molecule has 2 aromatic rings. The SMILES string of the molecule is Cc1nc2cc(NC(C)(CN)C(C)C)c([N+](=O)[O-])cc2s1. The number of rotatable bonds is 5. The highest BCUT2D eigenvalue weighted by atomic mass is 32.1. The van der Waals surface area contributed by atoms with Crippen molar-refractivity contribution in [2.24, 2.45) is 11.7 Å². The molecule has 21 heavy (non-hydrogen) atoms. The lowest BCUT2D eigenvalue weighted by atomic mass is 9.88. The van der Waals surface area contributed by atoms with E-state index in [4.69, 9.17) is 5.73 Å². The number of thiazole rings is 1. The van der Waals surface area contributed by atoms with Crippen molar-refractivity contribution >= 4 is 32.9 Å². The molecule has 7 heteroatoms. The normalized spacial score (nSPS) is 14.4. The van der Waals surface area contributed by atoms with E-state index in [0.717, 1.165) is 15.2 Å². The van der Waals surface area contributed by atoms with Gasteiger partial charge in [0.25, 0.3) is 5.69 Å². The minimum atomic E-state index is -0.413. The highest BCUT2D eigenvalue weighted by Crippen LogP contribution is 2.35. The molecule has 0 aliphatic heterocycles. The number of benzene rings is 1. The standard InChI is InChI=1S/C14H20N4O2S/c1-8(2)14(4,7-15)17-10-5-11-13(21-9(3)16-11)6-12(10)18(19)20/h5-6,8,17H,7,15H2,1-4H3. The third-order valence-corrected chi connectivity index (χ3v) is 4.86. The first-order chi connectivity index (χ1) is 9.76. The number of anilines is 1. The molecule has 0 spiro atoms. The number of fused-ring (bicyclic) bond motifs is 1. The Balaban J connectivity index is 2.55. The molecule has 114 valence electrons. The van der Waals surface area contributed by atoms with Crippen molar-refractivity contribution in [3.05, 3.63) is 27.3 Å². The van der Waals surface area contributed by atoms with Crippen LogP contribution in [0.4, 0.5) is 11.4 Å². The molecule has 1 aromatic carbocycles. The lowest BCUT2D eigenvalue weighted by Gasteiger charge is -2.34. The number of nitrogens with zero attached hydrogens (tertiary/aromatic N) is 2. The summed E-state index contributed by atoms with van der Waals surface area (Å²) in [6.07, 6.45) is 0. The average Bonchev–Trinajstić information content (AvgIpc) is 2.76. The van der Waals surface area contributed by atoms with Gasteiger partial charge >= 0.3 is 0 Å². The molecule has 0 aliphatic carbocycles. The van der Waals surface area contributed by atoms with E-state index in [-0.39, 0.29) is 16.5 Å². The van der Waals surface area contributed by atoms with Gasteiger partial charge in [-0.2, -0.15) is 0 Å². The zero-order valence-electron chi connectivity index (χ0n) is 12.6. The average molecular weight is 308 g/mol. The van der Waals surface area contributed by atoms with E-state index in [1.165, 1.54) is 11.3 Å². The van der Waals surface area contributed by atoms with Crippen LogP contribution in [-0.4, -0.2) is 22.0 Å². The number of nitrogens with two attached hydrogens (primary N) is 1. The molecular formula is C14H20N4O2S. The van der Waals surface area contributed by atoms with E-state index in [0.29, 0.717) is 12.2 Å². The van der Waals surface area contributed by atoms with Crippen LogP contribution in [0.3, 0.4) is 0 Å². The second-order valence-electron chi connectivity index (χ2n) is 5.73. The molecule has 1 unspecified atom stereocenters. The highest BCUT2D eigenvalue weighted by molar-refractivity contribution is 7.18. The molecule has 0 radical (unpaired) electrons. The predicted molar refractivity (Wildman–Crippen MR) is 86.9 cm³/mol. The second kappa shape index (κ2) is 5.57. The Bertz CT molecular complexity index is 683. The molecule has 0 saturated heterocycles. The fourth-order valence-corrected chi connectivity index (χ4v) is 2.91. The summed E-state index contributed by atoms with van der Waals surface area (Å²) >= 11 is 1.45. The van der Waals surface area contributed by atoms with Gasteiger partial charge < -0.3 is 11.1 Å². The Morgan fingerprint density at radius 2 is 2.19 bits per heavy atom. The fraction of sp³-hybridized carbons (Fsp3) is 0.500. The molecule has 1 aromatic heterocycles. The first-order valence-corrected chi connectivity index (χ1v) is 7.62. The number of nitro groups is 1. The maximum absolute atomic E-state index is 11.3. The van der Waals surface area contributed by atoms with Crippen molar-refractivity contribution < 1.29 is 4.92 Å². The molecule has 2 rings (SSSR count). The van der Waals surface area contributed by atoms with Gasteiger partial charge in [0, 0.05) is 18.2 Å². The summed E-state index contributed by atoms with van der Waals surface area (Å²) in [5.74, 6) is 0.231. The Morgan fingerprint density at radius 1 is 1.52 bits per heavy atom. The Hall–Kier alpha value is -1.73. The zero-order chi connectivity index (χ0) is 15.8. The van der Waals surface area contributed by atoms with Crippen LogP contribution in [0.1, 0.15) is 25.8 Å². The van der Waals surface area contributed by atoms with Crippen LogP contribution in [0.2, 0.25) is 0 Å². The summed E-state index contributed by atoms with van der Waals surface area (Å²) < 4.78 is 0.823. The van der Waals surface area contributed by atoms with Crippen molar-refractivity contribution in [3.8, 4) is 0 Å². The number of nitrogens with one attached hydrogen (secondary N) is 1. The second-order valence-corrected chi connectivity index (χ2v) is 6.96. The van der Waals surface area contributed by atoms with E-state index < -0.39 is 5.54 Å². The maximum atomic E-state index is 11.3. The summed E-state index contributed by atoms with van der Waals surface area (Å²) in [6.45, 7) is 8.32. The maximum Gasteiger partial charge on any atom is 0.293 e. The van der Waals surface area contributed by atoms with Crippen molar-refractivity contribution in [1.82, 2.24) is 4.98 Å². The summed E-state index contributed by atoms with van der Waals surface area (Å²) in [6, 6.07) is 3.33. The van der Waals surface area contributed by atoms with E-state index in [9.17, 15) is 10.1 Å². The predicted octanol–water partition coefficient (Wildman–Crippen LogP) is 3.30. The summed E-state index contributed by atoms with van der Waals surface area (Å²) in [5.41, 5.74) is 6.74. The van der Waals surface area contributed by atoms with E-state index >= 15 is 0 Å². The van der Waals surface area contributed by atoms with Crippen molar-refractivity contribution in [1.29, 1.82) is 0 Å². The monoisotopic (exact) mass is 308 g/mol. The number of aryl methyl sites for hydroxylation is 1. The number of aromatic nitrogens is 1. The molecule has 3 N–H and O–H groups in total. The lowest BCUT2D eigenvalue weighted by molar-refractivity contribution is -0.383. The Kier molecular flexibility index (Phi) is 4.15. The molecule has 6 nitrogen and oxygen atoms in total. The van der Waals surface area contributed by atoms with Crippen LogP contribution >= 0.6 is 11.3 Å².